The van der Waals surface area contributed by atoms with Gasteiger partial charge in [-0.2, -0.15) is 5.10 Å². The lowest BCUT2D eigenvalue weighted by Crippen LogP contribution is -2.48. The van der Waals surface area contributed by atoms with Gasteiger partial charge in [0.25, 0.3) is 5.91 Å². The quantitative estimate of drug-likeness (QED) is 0.660. The summed E-state index contributed by atoms with van der Waals surface area (Å²) in [7, 11) is 0. The highest BCUT2D eigenvalue weighted by Crippen LogP contribution is 2.39. The minimum absolute atomic E-state index is 0.122. The number of carbonyl (C=O) groups excluding carboxylic acids is 1. The molecule has 1 aromatic heterocycles. The third-order valence-corrected chi connectivity index (χ3v) is 5.78. The van der Waals surface area contributed by atoms with Gasteiger partial charge in [0.2, 0.25) is 5.43 Å². The smallest absolute Gasteiger partial charge is 0.276 e. The van der Waals surface area contributed by atoms with Crippen LogP contribution in [0.1, 0.15) is 53.0 Å². The van der Waals surface area contributed by atoms with Crippen molar-refractivity contribution in [1.82, 2.24) is 14.7 Å². The Morgan fingerprint density at radius 1 is 1.12 bits per heavy atom. The van der Waals surface area contributed by atoms with E-state index in [0.717, 1.165) is 22.9 Å². The Bertz CT molecular complexity index is 1180. The van der Waals surface area contributed by atoms with Gasteiger partial charge in [0, 0.05) is 19.0 Å². The van der Waals surface area contributed by atoms with Crippen molar-refractivity contribution in [3.05, 3.63) is 93.2 Å². The van der Waals surface area contributed by atoms with Crippen LogP contribution in [0.15, 0.2) is 59.5 Å². The number of rotatable bonds is 5. The van der Waals surface area contributed by atoms with E-state index in [1.807, 2.05) is 51.1 Å². The van der Waals surface area contributed by atoms with E-state index in [2.05, 4.69) is 5.10 Å². The first-order chi connectivity index (χ1) is 15.3. The number of carbonyl (C=O) groups is 1. The van der Waals surface area contributed by atoms with E-state index in [4.69, 9.17) is 0 Å². The van der Waals surface area contributed by atoms with Gasteiger partial charge in [0.15, 0.2) is 11.4 Å². The van der Waals surface area contributed by atoms with Gasteiger partial charge < -0.3 is 10.0 Å². The topological polar surface area (TPSA) is 75.4 Å². The molecular weight excluding hydrogens is 409 g/mol. The van der Waals surface area contributed by atoms with Crippen LogP contribution >= 0.6 is 0 Å². The van der Waals surface area contributed by atoms with Gasteiger partial charge in [-0.3, -0.25) is 14.3 Å². The van der Waals surface area contributed by atoms with Gasteiger partial charge in [0.05, 0.1) is 12.2 Å². The van der Waals surface area contributed by atoms with Gasteiger partial charge in [-0.15, -0.1) is 0 Å². The fraction of sp³-hybridized carbons (Fsp3) is 0.320. The molecule has 7 heteroatoms. The summed E-state index contributed by atoms with van der Waals surface area (Å²) < 4.78 is 15.7. The molecule has 6 nitrogen and oxygen atoms in total. The molecule has 0 saturated carbocycles. The summed E-state index contributed by atoms with van der Waals surface area (Å²) in [4.78, 5) is 27.0. The number of hydrogen-bond acceptors (Lipinski definition) is 4. The summed E-state index contributed by atoms with van der Waals surface area (Å²) in [6.07, 6.45) is 1.02. The van der Waals surface area contributed by atoms with E-state index in [0.29, 0.717) is 13.1 Å². The Kier molecular flexibility index (Phi) is 5.82. The van der Waals surface area contributed by atoms with Crippen LogP contribution in [0.25, 0.3) is 0 Å². The number of aryl methyl sites for hydroxylation is 1. The predicted molar refractivity (Wildman–Crippen MR) is 119 cm³/mol. The molecule has 1 aliphatic heterocycles. The van der Waals surface area contributed by atoms with E-state index < -0.39 is 23.1 Å². The molecule has 1 aliphatic rings. The number of halogens is 1. The van der Waals surface area contributed by atoms with Crippen molar-refractivity contribution in [2.45, 2.75) is 32.7 Å². The lowest BCUT2D eigenvalue weighted by molar-refractivity contribution is 0.0609. The van der Waals surface area contributed by atoms with Crippen LogP contribution in [0, 0.1) is 18.7 Å². The molecule has 0 fully saturated rings. The van der Waals surface area contributed by atoms with Gasteiger partial charge in [-0.05, 0) is 36.1 Å². The lowest BCUT2D eigenvalue weighted by Gasteiger charge is -2.40. The molecule has 1 amide bonds. The van der Waals surface area contributed by atoms with Gasteiger partial charge in [-0.1, -0.05) is 55.8 Å². The van der Waals surface area contributed by atoms with E-state index in [-0.39, 0.29) is 23.3 Å². The highest BCUT2D eigenvalue weighted by Gasteiger charge is 2.39. The summed E-state index contributed by atoms with van der Waals surface area (Å²) in [5.74, 6) is -1.57. The van der Waals surface area contributed by atoms with Gasteiger partial charge in [0.1, 0.15) is 5.82 Å². The Morgan fingerprint density at radius 3 is 2.47 bits per heavy atom. The normalized spacial score (nSPS) is 16.8. The van der Waals surface area contributed by atoms with Crippen LogP contribution in [0.2, 0.25) is 0 Å². The number of amides is 1. The molecule has 0 radical (unpaired) electrons. The largest absolute Gasteiger partial charge is 0.502 e. The standard InChI is InChI=1S/C25H26FN3O3/c1-15(2)13-28-14-20(29-23(25(28)32)24(31)21(30)12-27-29)22(17-7-4-6-16(3)10-17)18-8-5-9-19(26)11-18/h4-12,15,20,22,31H,13-14H2,1-3H3. The Labute approximate surface area is 185 Å². The SMILES string of the molecule is Cc1cccc(C(c2cccc(F)c2)C2CN(CC(C)C)C(=O)c3c(O)c(=O)cnn32)c1. The molecule has 32 heavy (non-hydrogen) atoms. The predicted octanol–water partition coefficient (Wildman–Crippen LogP) is 3.88. The average molecular weight is 435 g/mol. The Morgan fingerprint density at radius 2 is 1.81 bits per heavy atom. The van der Waals surface area contributed by atoms with E-state index in [9.17, 15) is 19.1 Å². The lowest BCUT2D eigenvalue weighted by atomic mass is 9.83. The maximum atomic E-state index is 14.2. The monoisotopic (exact) mass is 435 g/mol. The summed E-state index contributed by atoms with van der Waals surface area (Å²) in [5.41, 5.74) is 1.89. The van der Waals surface area contributed by atoms with E-state index >= 15 is 0 Å². The number of fused-ring (bicyclic) bond motifs is 1. The van der Waals surface area contributed by atoms with Crippen molar-refractivity contribution in [3.63, 3.8) is 0 Å². The molecule has 2 unspecified atom stereocenters. The first-order valence-electron chi connectivity index (χ1n) is 10.7. The third kappa shape index (κ3) is 4.02. The van der Waals surface area contributed by atoms with Crippen LogP contribution in [0.4, 0.5) is 4.39 Å². The molecule has 2 aromatic carbocycles. The van der Waals surface area contributed by atoms with E-state index in [1.54, 1.807) is 11.0 Å². The van der Waals surface area contributed by atoms with Gasteiger partial charge in [-0.25, -0.2) is 4.39 Å². The fourth-order valence-corrected chi connectivity index (χ4v) is 4.49. The Balaban J connectivity index is 1.95. The second-order valence-corrected chi connectivity index (χ2v) is 8.77. The van der Waals surface area contributed by atoms with Crippen molar-refractivity contribution in [2.24, 2.45) is 5.92 Å². The number of aromatic nitrogens is 2. The molecule has 0 aliphatic carbocycles. The number of hydrogen-bond donors (Lipinski definition) is 1. The molecule has 0 spiro atoms. The fourth-order valence-electron chi connectivity index (χ4n) is 4.49. The molecule has 3 aromatic rings. The van der Waals surface area contributed by atoms with Crippen molar-refractivity contribution in [1.29, 1.82) is 0 Å². The maximum absolute atomic E-state index is 14.2. The molecular formula is C25H26FN3O3. The van der Waals surface area contributed by atoms with Crippen LogP contribution < -0.4 is 5.43 Å². The highest BCUT2D eigenvalue weighted by molar-refractivity contribution is 5.95. The zero-order valence-electron chi connectivity index (χ0n) is 18.3. The van der Waals surface area contributed by atoms with Crippen molar-refractivity contribution in [2.75, 3.05) is 13.1 Å². The van der Waals surface area contributed by atoms with Crippen LogP contribution in [0.3, 0.4) is 0 Å². The third-order valence-electron chi connectivity index (χ3n) is 5.78. The molecule has 2 heterocycles. The Hall–Kier alpha value is -3.48. The first kappa shape index (κ1) is 21.7. The van der Waals surface area contributed by atoms with Crippen molar-refractivity contribution in [3.8, 4) is 5.75 Å². The van der Waals surface area contributed by atoms with Crippen LogP contribution in [-0.2, 0) is 0 Å². The average Bonchev–Trinajstić information content (AvgIpc) is 2.73. The molecule has 2 atom stereocenters. The molecule has 1 N–H and O–H groups in total. The van der Waals surface area contributed by atoms with Crippen molar-refractivity contribution >= 4 is 5.91 Å². The number of nitrogens with zero attached hydrogens (tertiary/aromatic N) is 3. The molecule has 4 rings (SSSR count). The van der Waals surface area contributed by atoms with Gasteiger partial charge >= 0.3 is 0 Å². The summed E-state index contributed by atoms with van der Waals surface area (Å²) in [6, 6.07) is 13.8. The number of aromatic hydroxyl groups is 1. The summed E-state index contributed by atoms with van der Waals surface area (Å²) in [5, 5.41) is 14.8. The minimum atomic E-state index is -0.701. The van der Waals surface area contributed by atoms with Crippen LogP contribution in [0.5, 0.6) is 5.75 Å². The van der Waals surface area contributed by atoms with Crippen molar-refractivity contribution < 1.29 is 14.3 Å². The second-order valence-electron chi connectivity index (χ2n) is 8.77. The maximum Gasteiger partial charge on any atom is 0.276 e. The molecule has 0 saturated heterocycles. The second kappa shape index (κ2) is 8.57. The zero-order chi connectivity index (χ0) is 23.0. The van der Waals surface area contributed by atoms with E-state index in [1.165, 1.54) is 16.8 Å². The summed E-state index contributed by atoms with van der Waals surface area (Å²) in [6.45, 7) is 6.75. The summed E-state index contributed by atoms with van der Waals surface area (Å²) >= 11 is 0. The first-order valence-corrected chi connectivity index (χ1v) is 10.7. The molecule has 166 valence electrons. The number of benzene rings is 2. The van der Waals surface area contributed by atoms with Crippen LogP contribution in [-0.4, -0.2) is 38.8 Å². The highest BCUT2D eigenvalue weighted by atomic mass is 19.1. The zero-order valence-corrected chi connectivity index (χ0v) is 18.3. The minimum Gasteiger partial charge on any atom is -0.502 e. The molecule has 0 bridgehead atoms.